The summed E-state index contributed by atoms with van der Waals surface area (Å²) in [5.74, 6) is 0.0530. The van der Waals surface area contributed by atoms with Crippen molar-refractivity contribution in [1.82, 2.24) is 9.55 Å². The first-order valence-corrected chi connectivity index (χ1v) is 7.37. The highest BCUT2D eigenvalue weighted by atomic mass is 19.1. The fraction of sp³-hybridized carbons (Fsp3) is 0.167. The number of aliphatic hydroxyl groups excluding tert-OH is 1. The summed E-state index contributed by atoms with van der Waals surface area (Å²) in [7, 11) is 1.50. The highest BCUT2D eigenvalue weighted by Crippen LogP contribution is 2.29. The van der Waals surface area contributed by atoms with Crippen molar-refractivity contribution in [3.63, 3.8) is 0 Å². The second-order valence-electron chi connectivity index (χ2n) is 5.25. The van der Waals surface area contributed by atoms with Crippen molar-refractivity contribution >= 4 is 0 Å². The van der Waals surface area contributed by atoms with Crippen LogP contribution < -0.4 is 4.74 Å². The number of benzene rings is 2. The minimum atomic E-state index is -0.506. The summed E-state index contributed by atoms with van der Waals surface area (Å²) in [5.41, 5.74) is 0.960. The van der Waals surface area contributed by atoms with E-state index in [0.717, 1.165) is 0 Å². The van der Waals surface area contributed by atoms with Gasteiger partial charge >= 0.3 is 0 Å². The number of imidazole rings is 1. The minimum Gasteiger partial charge on any atom is -0.497 e. The lowest BCUT2D eigenvalue weighted by molar-refractivity contribution is 0.250. The Kier molecular flexibility index (Phi) is 4.57. The molecule has 1 unspecified atom stereocenters. The summed E-state index contributed by atoms with van der Waals surface area (Å²) < 4.78 is 34.2. The Hall–Kier alpha value is -2.73. The summed E-state index contributed by atoms with van der Waals surface area (Å²) in [6.45, 7) is -0.236. The van der Waals surface area contributed by atoms with E-state index in [4.69, 9.17) is 4.74 Å². The molecule has 0 aliphatic heterocycles. The largest absolute Gasteiger partial charge is 0.497 e. The van der Waals surface area contributed by atoms with Gasteiger partial charge in [-0.05, 0) is 35.9 Å². The molecule has 3 rings (SSSR count). The zero-order valence-corrected chi connectivity index (χ0v) is 13.0. The van der Waals surface area contributed by atoms with Crippen LogP contribution in [-0.4, -0.2) is 28.4 Å². The number of hydrogen-bond donors (Lipinski definition) is 1. The number of aliphatic hydroxyl groups is 1. The topological polar surface area (TPSA) is 47.3 Å². The van der Waals surface area contributed by atoms with Gasteiger partial charge in [-0.2, -0.15) is 0 Å². The molecule has 2 aromatic carbocycles. The highest BCUT2D eigenvalue weighted by molar-refractivity contribution is 5.59. The van der Waals surface area contributed by atoms with Crippen molar-refractivity contribution in [1.29, 1.82) is 0 Å². The van der Waals surface area contributed by atoms with Crippen LogP contribution in [0, 0.1) is 11.6 Å². The maximum absolute atomic E-state index is 14.3. The maximum Gasteiger partial charge on any atom is 0.143 e. The third-order valence-corrected chi connectivity index (χ3v) is 3.85. The fourth-order valence-electron chi connectivity index (χ4n) is 2.61. The number of nitrogens with zero attached hydrogens (tertiary/aromatic N) is 2. The molecule has 1 aromatic heterocycles. The second kappa shape index (κ2) is 6.80. The Labute approximate surface area is 138 Å². The predicted octanol–water partition coefficient (Wildman–Crippen LogP) is 3.42. The molecule has 3 aromatic rings. The van der Waals surface area contributed by atoms with E-state index < -0.39 is 11.9 Å². The van der Waals surface area contributed by atoms with Gasteiger partial charge in [0, 0.05) is 12.4 Å². The fourth-order valence-corrected chi connectivity index (χ4v) is 2.61. The van der Waals surface area contributed by atoms with E-state index in [0.29, 0.717) is 17.1 Å². The molecule has 124 valence electrons. The lowest BCUT2D eigenvalue weighted by Crippen LogP contribution is -2.15. The molecule has 0 saturated heterocycles. The smallest absolute Gasteiger partial charge is 0.143 e. The van der Waals surface area contributed by atoms with Crippen LogP contribution in [-0.2, 0) is 0 Å². The summed E-state index contributed by atoms with van der Waals surface area (Å²) in [5, 5.41) is 9.80. The van der Waals surface area contributed by atoms with Crippen molar-refractivity contribution < 1.29 is 18.6 Å². The van der Waals surface area contributed by atoms with Crippen LogP contribution in [0.15, 0.2) is 54.9 Å². The van der Waals surface area contributed by atoms with Gasteiger partial charge in [-0.1, -0.05) is 12.1 Å². The summed E-state index contributed by atoms with van der Waals surface area (Å²) in [6, 6.07) is 9.68. The number of aromatic nitrogens is 2. The minimum absolute atomic E-state index is 0.236. The number of ether oxygens (including phenoxy) is 1. The van der Waals surface area contributed by atoms with Gasteiger partial charge in [-0.25, -0.2) is 13.8 Å². The van der Waals surface area contributed by atoms with E-state index in [2.05, 4.69) is 4.98 Å². The van der Waals surface area contributed by atoms with E-state index in [1.807, 2.05) is 0 Å². The van der Waals surface area contributed by atoms with E-state index in [1.54, 1.807) is 29.0 Å². The molecule has 0 amide bonds. The Morgan fingerprint density at radius 1 is 1.17 bits per heavy atom. The van der Waals surface area contributed by atoms with Crippen LogP contribution in [0.2, 0.25) is 0 Å². The van der Waals surface area contributed by atoms with Crippen molar-refractivity contribution in [2.24, 2.45) is 0 Å². The van der Waals surface area contributed by atoms with Crippen LogP contribution in [0.1, 0.15) is 11.6 Å². The number of halogens is 2. The Balaban J connectivity index is 2.08. The molecule has 0 aliphatic carbocycles. The average Bonchev–Trinajstić information content (AvgIpc) is 3.07. The summed E-state index contributed by atoms with van der Waals surface area (Å²) >= 11 is 0. The zero-order valence-electron chi connectivity index (χ0n) is 13.0. The molecule has 0 spiro atoms. The molecular weight excluding hydrogens is 314 g/mol. The molecule has 0 saturated carbocycles. The lowest BCUT2D eigenvalue weighted by Gasteiger charge is -2.19. The average molecular weight is 330 g/mol. The first-order valence-electron chi connectivity index (χ1n) is 7.37. The molecule has 6 heteroatoms. The van der Waals surface area contributed by atoms with Gasteiger partial charge < -0.3 is 14.4 Å². The Morgan fingerprint density at radius 2 is 1.92 bits per heavy atom. The van der Waals surface area contributed by atoms with Gasteiger partial charge in [0.2, 0.25) is 0 Å². The van der Waals surface area contributed by atoms with E-state index in [9.17, 15) is 13.9 Å². The molecule has 1 atom stereocenters. The molecule has 4 nitrogen and oxygen atoms in total. The highest BCUT2D eigenvalue weighted by Gasteiger charge is 2.19. The van der Waals surface area contributed by atoms with Crippen LogP contribution in [0.3, 0.4) is 0 Å². The standard InChI is InChI=1S/C18H16F2N2O2/c1-24-14-6-7-16(20)15(10-14)18-21-8-9-22(18)17(11-23)12-2-4-13(19)5-3-12/h2-10,17,23H,11H2,1H3. The van der Waals surface area contributed by atoms with Crippen molar-refractivity contribution in [2.45, 2.75) is 6.04 Å². The van der Waals surface area contributed by atoms with Crippen molar-refractivity contribution in [3.05, 3.63) is 72.1 Å². The first-order chi connectivity index (χ1) is 11.6. The SMILES string of the molecule is COc1ccc(F)c(-c2nccn2C(CO)c2ccc(F)cc2)c1. The van der Waals surface area contributed by atoms with Gasteiger partial charge in [0.25, 0.3) is 0 Å². The third kappa shape index (κ3) is 3.00. The van der Waals surface area contributed by atoms with Gasteiger partial charge in [0.1, 0.15) is 23.2 Å². The summed E-state index contributed by atoms with van der Waals surface area (Å²) in [6.07, 6.45) is 3.18. The molecule has 0 radical (unpaired) electrons. The van der Waals surface area contributed by atoms with Gasteiger partial charge in [-0.3, -0.25) is 0 Å². The number of rotatable bonds is 5. The van der Waals surface area contributed by atoms with Crippen LogP contribution in [0.4, 0.5) is 8.78 Å². The van der Waals surface area contributed by atoms with Crippen molar-refractivity contribution in [2.75, 3.05) is 13.7 Å². The molecule has 1 N–H and O–H groups in total. The van der Waals surface area contributed by atoms with Crippen LogP contribution in [0.5, 0.6) is 5.75 Å². The number of hydrogen-bond acceptors (Lipinski definition) is 3. The van der Waals surface area contributed by atoms with Gasteiger partial charge in [-0.15, -0.1) is 0 Å². The monoisotopic (exact) mass is 330 g/mol. The number of methoxy groups -OCH3 is 1. The molecule has 0 bridgehead atoms. The molecule has 0 fully saturated rings. The van der Waals surface area contributed by atoms with Gasteiger partial charge in [0.05, 0.1) is 25.3 Å². The molecular formula is C18H16F2N2O2. The van der Waals surface area contributed by atoms with Crippen LogP contribution in [0.25, 0.3) is 11.4 Å². The molecule has 1 heterocycles. The van der Waals surface area contributed by atoms with Gasteiger partial charge in [0.15, 0.2) is 0 Å². The van der Waals surface area contributed by atoms with E-state index in [-0.39, 0.29) is 18.0 Å². The predicted molar refractivity (Wildman–Crippen MR) is 85.8 cm³/mol. The Morgan fingerprint density at radius 3 is 2.58 bits per heavy atom. The quantitative estimate of drug-likeness (QED) is 0.780. The van der Waals surface area contributed by atoms with Crippen LogP contribution >= 0.6 is 0 Å². The second-order valence-corrected chi connectivity index (χ2v) is 5.25. The van der Waals surface area contributed by atoms with E-state index in [1.165, 1.54) is 37.6 Å². The molecule has 24 heavy (non-hydrogen) atoms. The first kappa shape index (κ1) is 16.1. The summed E-state index contributed by atoms with van der Waals surface area (Å²) in [4.78, 5) is 4.22. The molecule has 0 aliphatic rings. The normalized spacial score (nSPS) is 12.2. The third-order valence-electron chi connectivity index (χ3n) is 3.85. The maximum atomic E-state index is 14.3. The van der Waals surface area contributed by atoms with Crippen molar-refractivity contribution in [3.8, 4) is 17.1 Å². The lowest BCUT2D eigenvalue weighted by atomic mass is 10.1. The van der Waals surface area contributed by atoms with E-state index >= 15 is 0 Å². The zero-order chi connectivity index (χ0) is 17.1. The Bertz CT molecular complexity index is 831.